The number of hydrogen-bond donors (Lipinski definition) is 0. The second-order valence-electron chi connectivity index (χ2n) is 3.37. The van der Waals surface area contributed by atoms with Gasteiger partial charge in [-0.1, -0.05) is 12.6 Å². The Labute approximate surface area is 89.3 Å². The van der Waals surface area contributed by atoms with Crippen LogP contribution in [0.15, 0.2) is 43.1 Å². The highest BCUT2D eigenvalue weighted by molar-refractivity contribution is 5.58. The summed E-state index contributed by atoms with van der Waals surface area (Å²) in [4.78, 5) is 8.71. The van der Waals surface area contributed by atoms with Gasteiger partial charge in [0.15, 0.2) is 0 Å². The fourth-order valence-corrected chi connectivity index (χ4v) is 1.44. The van der Waals surface area contributed by atoms with Crippen LogP contribution in [-0.4, -0.2) is 9.97 Å². The van der Waals surface area contributed by atoms with E-state index in [0.717, 1.165) is 17.1 Å². The Hall–Kier alpha value is -1.96. The zero-order valence-electron chi connectivity index (χ0n) is 8.64. The molecule has 0 atom stereocenters. The van der Waals surface area contributed by atoms with Crippen molar-refractivity contribution in [3.8, 4) is 11.4 Å². The molecule has 2 heteroatoms. The minimum absolute atomic E-state index is 0.885. The van der Waals surface area contributed by atoms with Crippen LogP contribution in [0.1, 0.15) is 11.3 Å². The Bertz CT molecular complexity index is 475. The molecule has 74 valence electrons. The second kappa shape index (κ2) is 4.05. The summed E-state index contributed by atoms with van der Waals surface area (Å²) in [5, 5.41) is 0. The van der Waals surface area contributed by atoms with Crippen molar-refractivity contribution in [3.63, 3.8) is 0 Å². The van der Waals surface area contributed by atoms with Crippen molar-refractivity contribution >= 4 is 6.08 Å². The van der Waals surface area contributed by atoms with E-state index in [9.17, 15) is 0 Å². The van der Waals surface area contributed by atoms with E-state index in [0.29, 0.717) is 0 Å². The maximum Gasteiger partial charge on any atom is 0.0896 e. The molecule has 0 fully saturated rings. The number of nitrogens with zero attached hydrogens (tertiary/aromatic N) is 2. The van der Waals surface area contributed by atoms with Crippen molar-refractivity contribution in [2.45, 2.75) is 6.92 Å². The van der Waals surface area contributed by atoms with Crippen molar-refractivity contribution in [1.29, 1.82) is 0 Å². The van der Waals surface area contributed by atoms with E-state index in [4.69, 9.17) is 0 Å². The molecule has 0 aromatic carbocycles. The van der Waals surface area contributed by atoms with Crippen molar-refractivity contribution in [2.24, 2.45) is 0 Å². The summed E-state index contributed by atoms with van der Waals surface area (Å²) >= 11 is 0. The number of aromatic nitrogens is 2. The molecule has 0 saturated carbocycles. The number of rotatable bonds is 2. The summed E-state index contributed by atoms with van der Waals surface area (Å²) in [6.45, 7) is 5.77. The third-order valence-corrected chi connectivity index (χ3v) is 2.13. The minimum atomic E-state index is 0.885. The number of hydrogen-bond acceptors (Lipinski definition) is 2. The van der Waals surface area contributed by atoms with Crippen LogP contribution in [0.5, 0.6) is 0 Å². The highest BCUT2D eigenvalue weighted by atomic mass is 14.8. The van der Waals surface area contributed by atoms with Crippen molar-refractivity contribution in [3.05, 3.63) is 54.4 Å². The third-order valence-electron chi connectivity index (χ3n) is 2.13. The van der Waals surface area contributed by atoms with Crippen LogP contribution in [0, 0.1) is 6.92 Å². The molecule has 0 radical (unpaired) electrons. The topological polar surface area (TPSA) is 25.8 Å². The van der Waals surface area contributed by atoms with Crippen LogP contribution in [0.2, 0.25) is 0 Å². The van der Waals surface area contributed by atoms with Crippen LogP contribution in [0.4, 0.5) is 0 Å². The molecule has 2 aromatic heterocycles. The molecular weight excluding hydrogens is 184 g/mol. The standard InChI is InChI=1S/C13H12N2/c1-3-11-8-10(2)9-13(15-11)12-6-4-5-7-14-12/h3-9H,1H2,2H3. The smallest absolute Gasteiger partial charge is 0.0896 e. The predicted molar refractivity (Wildman–Crippen MR) is 62.3 cm³/mol. The van der Waals surface area contributed by atoms with Gasteiger partial charge in [-0.25, -0.2) is 4.98 Å². The SMILES string of the molecule is C=Cc1cc(C)cc(-c2ccccn2)n1. The first kappa shape index (κ1) is 9.59. The van der Waals surface area contributed by atoms with Gasteiger partial charge in [0.2, 0.25) is 0 Å². The molecule has 0 aliphatic rings. The number of pyridine rings is 2. The van der Waals surface area contributed by atoms with E-state index < -0.39 is 0 Å². The third kappa shape index (κ3) is 2.10. The molecule has 2 aromatic rings. The zero-order valence-corrected chi connectivity index (χ0v) is 8.64. The normalized spacial score (nSPS) is 9.93. The molecule has 0 aliphatic heterocycles. The molecule has 0 amide bonds. The zero-order chi connectivity index (χ0) is 10.7. The van der Waals surface area contributed by atoms with Gasteiger partial charge in [-0.05, 0) is 42.8 Å². The maximum atomic E-state index is 4.44. The van der Waals surface area contributed by atoms with E-state index in [-0.39, 0.29) is 0 Å². The van der Waals surface area contributed by atoms with E-state index >= 15 is 0 Å². The average Bonchev–Trinajstić information content (AvgIpc) is 2.29. The van der Waals surface area contributed by atoms with E-state index in [1.54, 1.807) is 12.3 Å². The first-order chi connectivity index (χ1) is 7.29. The van der Waals surface area contributed by atoms with Crippen LogP contribution in [0.25, 0.3) is 17.5 Å². The van der Waals surface area contributed by atoms with Gasteiger partial charge in [-0.15, -0.1) is 0 Å². The molecule has 0 saturated heterocycles. The molecule has 0 N–H and O–H groups in total. The molecule has 0 bridgehead atoms. The van der Waals surface area contributed by atoms with Crippen molar-refractivity contribution < 1.29 is 0 Å². The van der Waals surface area contributed by atoms with Crippen molar-refractivity contribution in [1.82, 2.24) is 9.97 Å². The summed E-state index contributed by atoms with van der Waals surface area (Å²) in [5.74, 6) is 0. The lowest BCUT2D eigenvalue weighted by Crippen LogP contribution is -1.90. The lowest BCUT2D eigenvalue weighted by molar-refractivity contribution is 1.21. The summed E-state index contributed by atoms with van der Waals surface area (Å²) in [5.41, 5.74) is 3.84. The molecule has 2 heterocycles. The van der Waals surface area contributed by atoms with Gasteiger partial charge in [0, 0.05) is 6.20 Å². The van der Waals surface area contributed by atoms with E-state index in [2.05, 4.69) is 16.5 Å². The molecule has 0 spiro atoms. The van der Waals surface area contributed by atoms with E-state index in [1.165, 1.54) is 5.56 Å². The fraction of sp³-hybridized carbons (Fsp3) is 0.0769. The molecule has 0 aliphatic carbocycles. The first-order valence-electron chi connectivity index (χ1n) is 4.82. The van der Waals surface area contributed by atoms with Gasteiger partial charge in [-0.3, -0.25) is 4.98 Å². The Morgan fingerprint density at radius 3 is 2.73 bits per heavy atom. The molecule has 2 rings (SSSR count). The number of aryl methyl sites for hydroxylation is 1. The summed E-state index contributed by atoms with van der Waals surface area (Å²) in [6.07, 6.45) is 3.52. The monoisotopic (exact) mass is 196 g/mol. The van der Waals surface area contributed by atoms with Crippen LogP contribution in [-0.2, 0) is 0 Å². The highest BCUT2D eigenvalue weighted by Gasteiger charge is 2.01. The Morgan fingerprint density at radius 1 is 1.20 bits per heavy atom. The summed E-state index contributed by atoms with van der Waals surface area (Å²) in [7, 11) is 0. The van der Waals surface area contributed by atoms with E-state index in [1.807, 2.05) is 37.3 Å². The Kier molecular flexibility index (Phi) is 2.59. The lowest BCUT2D eigenvalue weighted by atomic mass is 10.1. The van der Waals surface area contributed by atoms with Gasteiger partial charge in [0.25, 0.3) is 0 Å². The largest absolute Gasteiger partial charge is 0.255 e. The van der Waals surface area contributed by atoms with Gasteiger partial charge in [0.05, 0.1) is 17.1 Å². The lowest BCUT2D eigenvalue weighted by Gasteiger charge is -2.03. The molecule has 2 nitrogen and oxygen atoms in total. The fourth-order valence-electron chi connectivity index (χ4n) is 1.44. The minimum Gasteiger partial charge on any atom is -0.255 e. The average molecular weight is 196 g/mol. The van der Waals surface area contributed by atoms with Crippen LogP contribution < -0.4 is 0 Å². The predicted octanol–water partition coefficient (Wildman–Crippen LogP) is 3.10. The van der Waals surface area contributed by atoms with Crippen molar-refractivity contribution in [2.75, 3.05) is 0 Å². The first-order valence-corrected chi connectivity index (χ1v) is 4.82. The highest BCUT2D eigenvalue weighted by Crippen LogP contribution is 2.16. The van der Waals surface area contributed by atoms with Gasteiger partial charge >= 0.3 is 0 Å². The maximum absolute atomic E-state index is 4.44. The molecular formula is C13H12N2. The van der Waals surface area contributed by atoms with Crippen LogP contribution in [0.3, 0.4) is 0 Å². The quantitative estimate of drug-likeness (QED) is 0.737. The van der Waals surface area contributed by atoms with Crippen LogP contribution >= 0.6 is 0 Å². The Balaban J connectivity index is 2.53. The summed E-state index contributed by atoms with van der Waals surface area (Å²) in [6, 6.07) is 9.83. The van der Waals surface area contributed by atoms with Gasteiger partial charge in [0.1, 0.15) is 0 Å². The molecule has 0 unspecified atom stereocenters. The Morgan fingerprint density at radius 2 is 2.07 bits per heavy atom. The van der Waals surface area contributed by atoms with Gasteiger partial charge < -0.3 is 0 Å². The second-order valence-corrected chi connectivity index (χ2v) is 3.37. The van der Waals surface area contributed by atoms with Gasteiger partial charge in [-0.2, -0.15) is 0 Å². The summed E-state index contributed by atoms with van der Waals surface area (Å²) < 4.78 is 0. The molecule has 15 heavy (non-hydrogen) atoms.